The molecule has 1 aliphatic carbocycles. The number of rotatable bonds is 5. The molecule has 8 heteroatoms. The first-order valence-electron chi connectivity index (χ1n) is 6.69. The Labute approximate surface area is 120 Å². The smallest absolute Gasteiger partial charge is 0.285 e. The van der Waals surface area contributed by atoms with Crippen molar-refractivity contribution in [1.82, 2.24) is 5.32 Å². The van der Waals surface area contributed by atoms with Gasteiger partial charge >= 0.3 is 0 Å². The van der Waals surface area contributed by atoms with Crippen LogP contribution in [0.4, 0.5) is 15.8 Å². The van der Waals surface area contributed by atoms with Gasteiger partial charge in [-0.25, -0.2) is 4.39 Å². The Balaban J connectivity index is 2.36. The molecule has 7 nitrogen and oxygen atoms in total. The zero-order chi connectivity index (χ0) is 15.6. The first-order valence-corrected chi connectivity index (χ1v) is 6.69. The molecule has 0 unspecified atom stereocenters. The van der Waals surface area contributed by atoms with Gasteiger partial charge in [0.05, 0.1) is 16.7 Å². The highest BCUT2D eigenvalue weighted by atomic mass is 19.1. The number of benzene rings is 1. The van der Waals surface area contributed by atoms with E-state index in [-0.39, 0.29) is 16.8 Å². The molecule has 114 valence electrons. The molecular formula is C13H17FN4O3. The molecule has 0 radical (unpaired) electrons. The summed E-state index contributed by atoms with van der Waals surface area (Å²) >= 11 is 0. The molecule has 1 aromatic carbocycles. The second-order valence-corrected chi connectivity index (χ2v) is 5.19. The Morgan fingerprint density at radius 1 is 1.52 bits per heavy atom. The Kier molecular flexibility index (Phi) is 4.08. The van der Waals surface area contributed by atoms with Gasteiger partial charge in [-0.1, -0.05) is 6.92 Å². The van der Waals surface area contributed by atoms with Crippen LogP contribution in [0.3, 0.4) is 0 Å². The lowest BCUT2D eigenvalue weighted by Crippen LogP contribution is -2.53. The third-order valence-corrected chi connectivity index (χ3v) is 4.05. The fourth-order valence-corrected chi connectivity index (χ4v) is 2.48. The molecule has 1 saturated carbocycles. The number of nitro benzene ring substituents is 1. The average Bonchev–Trinajstić information content (AvgIpc) is 2.42. The Bertz CT molecular complexity index is 582. The van der Waals surface area contributed by atoms with E-state index in [1.54, 1.807) is 0 Å². The number of hydrogen-bond donors (Lipinski definition) is 3. The standard InChI is InChI=1S/C13H17FN4O3/c1-2-13(4-3-5-13)16-12(19)8-6-10(17-15)9(14)7-11(8)18(20)21/h6-7,17H,2-5,15H2,1H3,(H,16,19). The summed E-state index contributed by atoms with van der Waals surface area (Å²) in [4.78, 5) is 22.5. The summed E-state index contributed by atoms with van der Waals surface area (Å²) < 4.78 is 13.6. The molecule has 0 atom stereocenters. The number of nitrogens with zero attached hydrogens (tertiary/aromatic N) is 1. The number of anilines is 1. The van der Waals surface area contributed by atoms with Crippen molar-refractivity contribution in [3.05, 3.63) is 33.6 Å². The van der Waals surface area contributed by atoms with E-state index < -0.39 is 22.3 Å². The summed E-state index contributed by atoms with van der Waals surface area (Å²) in [7, 11) is 0. The molecule has 0 aliphatic heterocycles. The van der Waals surface area contributed by atoms with E-state index in [0.29, 0.717) is 6.07 Å². The average molecular weight is 296 g/mol. The van der Waals surface area contributed by atoms with Crippen LogP contribution < -0.4 is 16.6 Å². The van der Waals surface area contributed by atoms with Crippen LogP contribution in [0.1, 0.15) is 43.0 Å². The van der Waals surface area contributed by atoms with Crippen molar-refractivity contribution in [1.29, 1.82) is 0 Å². The van der Waals surface area contributed by atoms with Gasteiger partial charge in [0.15, 0.2) is 5.82 Å². The van der Waals surface area contributed by atoms with E-state index in [1.165, 1.54) is 0 Å². The van der Waals surface area contributed by atoms with Crippen molar-refractivity contribution in [2.75, 3.05) is 5.43 Å². The van der Waals surface area contributed by atoms with Gasteiger partial charge < -0.3 is 10.7 Å². The minimum atomic E-state index is -0.880. The maximum atomic E-state index is 13.6. The number of amides is 1. The second kappa shape index (κ2) is 5.65. The number of hydrogen-bond acceptors (Lipinski definition) is 5. The highest BCUT2D eigenvalue weighted by Gasteiger charge is 2.38. The first kappa shape index (κ1) is 15.2. The van der Waals surface area contributed by atoms with E-state index in [4.69, 9.17) is 5.84 Å². The molecule has 4 N–H and O–H groups in total. The van der Waals surface area contributed by atoms with Gasteiger partial charge in [0.2, 0.25) is 0 Å². The Hall–Kier alpha value is -2.22. The third-order valence-electron chi connectivity index (χ3n) is 4.05. The number of nitrogens with two attached hydrogens (primary N) is 1. The van der Waals surface area contributed by atoms with E-state index in [2.05, 4.69) is 10.7 Å². The van der Waals surface area contributed by atoms with Gasteiger partial charge in [-0.05, 0) is 31.7 Å². The molecule has 1 fully saturated rings. The largest absolute Gasteiger partial charge is 0.346 e. The minimum Gasteiger partial charge on any atom is -0.346 e. The summed E-state index contributed by atoms with van der Waals surface area (Å²) in [5, 5.41) is 13.8. The lowest BCUT2D eigenvalue weighted by molar-refractivity contribution is -0.385. The van der Waals surface area contributed by atoms with Crippen LogP contribution in [0.2, 0.25) is 0 Å². The molecule has 0 saturated heterocycles. The van der Waals surface area contributed by atoms with Gasteiger partial charge in [0.1, 0.15) is 5.56 Å². The molecule has 0 bridgehead atoms. The van der Waals surface area contributed by atoms with Crippen molar-refractivity contribution in [2.24, 2.45) is 5.84 Å². The number of nitrogen functional groups attached to an aromatic ring is 1. The van der Waals surface area contributed by atoms with Crippen LogP contribution in [0.5, 0.6) is 0 Å². The summed E-state index contributed by atoms with van der Waals surface area (Å²) in [5.41, 5.74) is 0.837. The molecule has 0 heterocycles. The summed E-state index contributed by atoms with van der Waals surface area (Å²) in [5.74, 6) is 3.68. The monoisotopic (exact) mass is 296 g/mol. The van der Waals surface area contributed by atoms with Crippen molar-refractivity contribution in [3.63, 3.8) is 0 Å². The summed E-state index contributed by atoms with van der Waals surface area (Å²) in [6, 6.07) is 1.76. The summed E-state index contributed by atoms with van der Waals surface area (Å²) in [6.07, 6.45) is 3.43. The molecule has 1 aliphatic rings. The fraction of sp³-hybridized carbons (Fsp3) is 0.462. The maximum absolute atomic E-state index is 13.6. The molecule has 1 aromatic rings. The lowest BCUT2D eigenvalue weighted by atomic mass is 9.74. The van der Waals surface area contributed by atoms with Crippen molar-refractivity contribution in [3.8, 4) is 0 Å². The second-order valence-electron chi connectivity index (χ2n) is 5.19. The van der Waals surface area contributed by atoms with Crippen LogP contribution in [0.25, 0.3) is 0 Å². The van der Waals surface area contributed by atoms with Crippen molar-refractivity contribution >= 4 is 17.3 Å². The number of nitro groups is 1. The zero-order valence-electron chi connectivity index (χ0n) is 11.6. The zero-order valence-corrected chi connectivity index (χ0v) is 11.6. The van der Waals surface area contributed by atoms with Gasteiger partial charge in [-0.3, -0.25) is 20.8 Å². The minimum absolute atomic E-state index is 0.162. The van der Waals surface area contributed by atoms with Crippen LogP contribution in [-0.4, -0.2) is 16.4 Å². The number of nitrogens with one attached hydrogen (secondary N) is 2. The highest BCUT2D eigenvalue weighted by molar-refractivity contribution is 5.99. The number of halogens is 1. The normalized spacial score (nSPS) is 16.0. The first-order chi connectivity index (χ1) is 9.92. The number of carbonyl (C=O) groups excluding carboxylic acids is 1. The van der Waals surface area contributed by atoms with Gasteiger partial charge in [-0.15, -0.1) is 0 Å². The van der Waals surface area contributed by atoms with Gasteiger partial charge in [0, 0.05) is 5.54 Å². The van der Waals surface area contributed by atoms with Gasteiger partial charge in [0.25, 0.3) is 11.6 Å². The molecule has 1 amide bonds. The fourth-order valence-electron chi connectivity index (χ4n) is 2.48. The molecule has 21 heavy (non-hydrogen) atoms. The van der Waals surface area contributed by atoms with E-state index in [0.717, 1.165) is 31.7 Å². The van der Waals surface area contributed by atoms with Crippen LogP contribution in [-0.2, 0) is 0 Å². The molecule has 2 rings (SSSR count). The number of carbonyl (C=O) groups is 1. The van der Waals surface area contributed by atoms with E-state index >= 15 is 0 Å². The topological polar surface area (TPSA) is 110 Å². The SMILES string of the molecule is CCC1(NC(=O)c2cc(NN)c(F)cc2[N+](=O)[O-])CCC1. The van der Waals surface area contributed by atoms with Crippen LogP contribution >= 0.6 is 0 Å². The highest BCUT2D eigenvalue weighted by Crippen LogP contribution is 2.35. The van der Waals surface area contributed by atoms with E-state index in [9.17, 15) is 19.3 Å². The maximum Gasteiger partial charge on any atom is 0.285 e. The predicted octanol–water partition coefficient (Wildman–Crippen LogP) is 2.08. The van der Waals surface area contributed by atoms with Gasteiger partial charge in [-0.2, -0.15) is 0 Å². The lowest BCUT2D eigenvalue weighted by Gasteiger charge is -2.42. The Morgan fingerprint density at radius 2 is 2.19 bits per heavy atom. The quantitative estimate of drug-likeness (QED) is 0.437. The molecule has 0 spiro atoms. The molecular weight excluding hydrogens is 279 g/mol. The predicted molar refractivity (Wildman–Crippen MR) is 75.2 cm³/mol. The van der Waals surface area contributed by atoms with Crippen LogP contribution in [0, 0.1) is 15.9 Å². The van der Waals surface area contributed by atoms with E-state index in [1.807, 2.05) is 6.92 Å². The van der Waals surface area contributed by atoms with Crippen LogP contribution in [0.15, 0.2) is 12.1 Å². The van der Waals surface area contributed by atoms with Crippen molar-refractivity contribution < 1.29 is 14.1 Å². The molecule has 0 aromatic heterocycles. The van der Waals surface area contributed by atoms with Crippen molar-refractivity contribution in [2.45, 2.75) is 38.1 Å². The third kappa shape index (κ3) is 2.80. The Morgan fingerprint density at radius 3 is 2.62 bits per heavy atom. The summed E-state index contributed by atoms with van der Waals surface area (Å²) in [6.45, 7) is 1.95. The number of hydrazine groups is 1.